The van der Waals surface area contributed by atoms with Crippen LogP contribution in [0.1, 0.15) is 0 Å². The normalized spacial score (nSPS) is 11.8. The summed E-state index contributed by atoms with van der Waals surface area (Å²) in [6.45, 7) is 17.4. The zero-order valence-corrected chi connectivity index (χ0v) is 14.7. The van der Waals surface area contributed by atoms with Crippen LogP contribution in [-0.4, -0.2) is 23.6 Å². The van der Waals surface area contributed by atoms with E-state index in [1.807, 2.05) is 12.1 Å². The van der Waals surface area contributed by atoms with Gasteiger partial charge in [0, 0.05) is 5.69 Å². The molecule has 0 unspecified atom stereocenters. The molecule has 2 nitrogen and oxygen atoms in total. The van der Waals surface area contributed by atoms with Gasteiger partial charge in [-0.15, -0.1) is 13.2 Å². The molecule has 0 aliphatic carbocycles. The Kier molecular flexibility index (Phi) is 4.82. The minimum Gasteiger partial charge on any atom is -0.497 e. The van der Waals surface area contributed by atoms with E-state index in [0.29, 0.717) is 0 Å². The molecule has 0 aliphatic rings. The number of nitrogens with zero attached hydrogens (tertiary/aromatic N) is 1. The van der Waals surface area contributed by atoms with Crippen molar-refractivity contribution in [1.29, 1.82) is 0 Å². The Labute approximate surface area is 119 Å². The summed E-state index contributed by atoms with van der Waals surface area (Å²) in [4.78, 5) is 0. The highest BCUT2D eigenvalue weighted by molar-refractivity contribution is 7.04. The predicted molar refractivity (Wildman–Crippen MR) is 90.8 cm³/mol. The number of rotatable bonds is 6. The summed E-state index contributed by atoms with van der Waals surface area (Å²) in [5, 5.41) is 0. The predicted octanol–water partition coefficient (Wildman–Crippen LogP) is 4.36. The molecule has 0 saturated carbocycles. The van der Waals surface area contributed by atoms with Crippen molar-refractivity contribution >= 4 is 22.2 Å². The van der Waals surface area contributed by atoms with Crippen molar-refractivity contribution in [2.24, 2.45) is 0 Å². The number of hydrogen-bond donors (Lipinski definition) is 0. The SMILES string of the molecule is C=C[Si](C)(C)N(c1ccc(OC)cc1)[Si](C)(C)C=C. The van der Waals surface area contributed by atoms with Gasteiger partial charge in [0.25, 0.3) is 0 Å². The van der Waals surface area contributed by atoms with Crippen LogP contribution in [0.25, 0.3) is 0 Å². The number of anilines is 1. The lowest BCUT2D eigenvalue weighted by molar-refractivity contribution is 0.415. The third kappa shape index (κ3) is 3.39. The van der Waals surface area contributed by atoms with E-state index in [1.165, 1.54) is 5.69 Å². The molecular weight excluding hydrogens is 266 g/mol. The quantitative estimate of drug-likeness (QED) is 0.722. The molecule has 1 rings (SSSR count). The highest BCUT2D eigenvalue weighted by Gasteiger charge is 2.37. The number of ether oxygens (including phenoxy) is 1. The third-order valence-electron chi connectivity index (χ3n) is 3.48. The van der Waals surface area contributed by atoms with E-state index in [0.717, 1.165) is 5.75 Å². The smallest absolute Gasteiger partial charge is 0.166 e. The molecule has 0 saturated heterocycles. The first-order chi connectivity index (χ1) is 8.78. The fraction of sp³-hybridized carbons (Fsp3) is 0.333. The lowest BCUT2D eigenvalue weighted by atomic mass is 10.3. The van der Waals surface area contributed by atoms with Crippen LogP contribution in [0, 0.1) is 0 Å². The fourth-order valence-electron chi connectivity index (χ4n) is 2.32. The first-order valence-electron chi connectivity index (χ1n) is 6.50. The Morgan fingerprint density at radius 3 is 1.68 bits per heavy atom. The molecule has 0 heterocycles. The fourth-order valence-corrected chi connectivity index (χ4v) is 10.8. The summed E-state index contributed by atoms with van der Waals surface area (Å²) >= 11 is 0. The molecule has 1 aromatic rings. The third-order valence-corrected chi connectivity index (χ3v) is 11.8. The topological polar surface area (TPSA) is 12.5 Å². The van der Waals surface area contributed by atoms with Crippen LogP contribution in [0.15, 0.2) is 48.8 Å². The van der Waals surface area contributed by atoms with E-state index in [-0.39, 0.29) is 0 Å². The van der Waals surface area contributed by atoms with Gasteiger partial charge < -0.3 is 8.97 Å². The molecule has 0 N–H and O–H groups in total. The second-order valence-electron chi connectivity index (χ2n) is 5.75. The monoisotopic (exact) mass is 291 g/mol. The molecule has 0 spiro atoms. The maximum atomic E-state index is 5.24. The molecule has 19 heavy (non-hydrogen) atoms. The van der Waals surface area contributed by atoms with Crippen molar-refractivity contribution in [3.63, 3.8) is 0 Å². The van der Waals surface area contributed by atoms with Gasteiger partial charge in [0.2, 0.25) is 0 Å². The van der Waals surface area contributed by atoms with Crippen molar-refractivity contribution in [3.8, 4) is 5.75 Å². The van der Waals surface area contributed by atoms with Crippen molar-refractivity contribution in [3.05, 3.63) is 48.8 Å². The van der Waals surface area contributed by atoms with Gasteiger partial charge in [-0.25, -0.2) is 0 Å². The Balaban J connectivity index is 3.31. The minimum absolute atomic E-state index is 0.889. The average molecular weight is 292 g/mol. The second kappa shape index (κ2) is 5.80. The number of hydrogen-bond acceptors (Lipinski definition) is 2. The van der Waals surface area contributed by atoms with Gasteiger partial charge in [-0.1, -0.05) is 11.4 Å². The summed E-state index contributed by atoms with van der Waals surface area (Å²) < 4.78 is 7.82. The summed E-state index contributed by atoms with van der Waals surface area (Å²) in [6.07, 6.45) is 0. The molecule has 1 aromatic carbocycles. The van der Waals surface area contributed by atoms with Gasteiger partial charge in [0.1, 0.15) is 5.75 Å². The molecule has 104 valence electrons. The summed E-state index contributed by atoms with van der Waals surface area (Å²) in [5.41, 5.74) is 5.51. The summed E-state index contributed by atoms with van der Waals surface area (Å²) in [7, 11) is -1.68. The zero-order valence-electron chi connectivity index (χ0n) is 12.7. The van der Waals surface area contributed by atoms with Crippen LogP contribution in [0.5, 0.6) is 5.75 Å². The lowest BCUT2D eigenvalue weighted by Gasteiger charge is -2.46. The van der Waals surface area contributed by atoms with Crippen LogP contribution in [0.4, 0.5) is 5.69 Å². The van der Waals surface area contributed by atoms with E-state index >= 15 is 0 Å². The minimum atomic E-state index is -1.68. The van der Waals surface area contributed by atoms with Crippen molar-refractivity contribution in [2.75, 3.05) is 11.3 Å². The molecule has 0 fully saturated rings. The van der Waals surface area contributed by atoms with E-state index in [4.69, 9.17) is 4.74 Å². The standard InChI is InChI=1S/C15H25NOSi2/c1-8-18(4,5)16(19(6,7)9-2)14-10-12-15(17-3)13-11-14/h8-13H,1-2H2,3-7H3. The molecule has 0 aliphatic heterocycles. The van der Waals surface area contributed by atoms with Crippen molar-refractivity contribution in [1.82, 2.24) is 0 Å². The van der Waals surface area contributed by atoms with Crippen molar-refractivity contribution < 1.29 is 4.74 Å². The summed E-state index contributed by atoms with van der Waals surface area (Å²) in [5.74, 6) is 0.889. The molecule has 0 bridgehead atoms. The maximum Gasteiger partial charge on any atom is 0.166 e. The van der Waals surface area contributed by atoms with Gasteiger partial charge in [-0.2, -0.15) is 0 Å². The van der Waals surface area contributed by atoms with Gasteiger partial charge in [-0.3, -0.25) is 0 Å². The highest BCUT2D eigenvalue weighted by Crippen LogP contribution is 2.30. The van der Waals surface area contributed by atoms with Crippen LogP contribution < -0.4 is 8.97 Å². The number of benzene rings is 1. The Morgan fingerprint density at radius 2 is 1.37 bits per heavy atom. The first-order valence-corrected chi connectivity index (χ1v) is 12.5. The van der Waals surface area contributed by atoms with Crippen LogP contribution in [-0.2, 0) is 0 Å². The van der Waals surface area contributed by atoms with E-state index < -0.39 is 16.5 Å². The van der Waals surface area contributed by atoms with Gasteiger partial charge in [0.15, 0.2) is 16.5 Å². The molecule has 0 atom stereocenters. The molecule has 0 aromatic heterocycles. The molecule has 4 heteroatoms. The largest absolute Gasteiger partial charge is 0.497 e. The molecule has 0 radical (unpaired) electrons. The maximum absolute atomic E-state index is 5.24. The van der Waals surface area contributed by atoms with E-state index in [1.54, 1.807) is 7.11 Å². The molecule has 0 amide bonds. The Bertz CT molecular complexity index is 432. The van der Waals surface area contributed by atoms with E-state index in [9.17, 15) is 0 Å². The first kappa shape index (κ1) is 15.8. The Hall–Kier alpha value is -1.27. The second-order valence-corrected chi connectivity index (χ2v) is 14.5. The number of methoxy groups -OCH3 is 1. The lowest BCUT2D eigenvalue weighted by Crippen LogP contribution is -2.61. The van der Waals surface area contributed by atoms with Crippen molar-refractivity contribution in [2.45, 2.75) is 26.2 Å². The van der Waals surface area contributed by atoms with E-state index in [2.05, 4.69) is 67.1 Å². The van der Waals surface area contributed by atoms with Crippen LogP contribution in [0.2, 0.25) is 26.2 Å². The average Bonchev–Trinajstić information content (AvgIpc) is 2.39. The van der Waals surface area contributed by atoms with Gasteiger partial charge in [-0.05, 0) is 50.5 Å². The molecular formula is C15H25NOSi2. The van der Waals surface area contributed by atoms with Crippen LogP contribution >= 0.6 is 0 Å². The zero-order chi connectivity index (χ0) is 14.7. The Morgan fingerprint density at radius 1 is 0.947 bits per heavy atom. The van der Waals surface area contributed by atoms with Crippen LogP contribution in [0.3, 0.4) is 0 Å². The highest BCUT2D eigenvalue weighted by atomic mass is 28.4. The van der Waals surface area contributed by atoms with Gasteiger partial charge in [0.05, 0.1) is 7.11 Å². The summed E-state index contributed by atoms with van der Waals surface area (Å²) in [6, 6.07) is 8.30. The van der Waals surface area contributed by atoms with Gasteiger partial charge >= 0.3 is 0 Å².